The van der Waals surface area contributed by atoms with Gasteiger partial charge in [0.2, 0.25) is 0 Å². The van der Waals surface area contributed by atoms with Crippen molar-refractivity contribution in [3.05, 3.63) is 21.9 Å². The average Bonchev–Trinajstić information content (AvgIpc) is 2.98. The molecule has 0 saturated carbocycles. The van der Waals surface area contributed by atoms with Gasteiger partial charge in [-0.2, -0.15) is 0 Å². The van der Waals surface area contributed by atoms with E-state index in [9.17, 15) is 0 Å². The Balaban J connectivity index is 1.83. The number of thiophene rings is 1. The molecule has 0 spiro atoms. The highest BCUT2D eigenvalue weighted by molar-refractivity contribution is 7.12. The van der Waals surface area contributed by atoms with Crippen molar-refractivity contribution in [2.75, 3.05) is 19.6 Å². The van der Waals surface area contributed by atoms with Gasteiger partial charge in [0.05, 0.1) is 6.04 Å². The van der Waals surface area contributed by atoms with Gasteiger partial charge in [-0.3, -0.25) is 9.80 Å². The third kappa shape index (κ3) is 2.67. The smallest absolute Gasteiger partial charge is 0.0594 e. The molecule has 2 saturated heterocycles. The first kappa shape index (κ1) is 14.5. The van der Waals surface area contributed by atoms with Crippen LogP contribution in [0.5, 0.6) is 0 Å². The molecule has 112 valence electrons. The molecule has 1 aromatic rings. The summed E-state index contributed by atoms with van der Waals surface area (Å²) in [6.07, 6.45) is 2.73. The third-order valence-electron chi connectivity index (χ3n) is 4.89. The van der Waals surface area contributed by atoms with Gasteiger partial charge in [-0.15, -0.1) is 11.3 Å². The first-order chi connectivity index (χ1) is 9.56. The zero-order chi connectivity index (χ0) is 14.3. The average molecular weight is 293 g/mol. The fourth-order valence-electron chi connectivity index (χ4n) is 3.93. The van der Waals surface area contributed by atoms with Crippen molar-refractivity contribution >= 4 is 11.3 Å². The molecular formula is C16H27N3S. The maximum absolute atomic E-state index is 6.36. The topological polar surface area (TPSA) is 32.5 Å². The largest absolute Gasteiger partial charge is 0.326 e. The number of nitrogens with two attached hydrogens (primary N) is 1. The zero-order valence-electron chi connectivity index (χ0n) is 12.9. The summed E-state index contributed by atoms with van der Waals surface area (Å²) < 4.78 is 0. The summed E-state index contributed by atoms with van der Waals surface area (Å²) >= 11 is 1.91. The molecule has 2 N–H and O–H groups in total. The second-order valence-electron chi connectivity index (χ2n) is 6.59. The lowest BCUT2D eigenvalue weighted by Crippen LogP contribution is -2.57. The van der Waals surface area contributed by atoms with Crippen LogP contribution in [0.3, 0.4) is 0 Å². The van der Waals surface area contributed by atoms with Crippen molar-refractivity contribution in [2.45, 2.75) is 57.8 Å². The van der Waals surface area contributed by atoms with Crippen molar-refractivity contribution in [3.8, 4) is 0 Å². The SMILES string of the molecule is Cc1ccc(C(C(C)N)N2CC3CCCN3CC2C)s1. The lowest BCUT2D eigenvalue weighted by molar-refractivity contribution is 0.0217. The van der Waals surface area contributed by atoms with E-state index >= 15 is 0 Å². The molecule has 0 bridgehead atoms. The summed E-state index contributed by atoms with van der Waals surface area (Å²) in [5.74, 6) is 0. The molecule has 0 aromatic carbocycles. The summed E-state index contributed by atoms with van der Waals surface area (Å²) in [6.45, 7) is 10.4. The van der Waals surface area contributed by atoms with Crippen LogP contribution >= 0.6 is 11.3 Å². The summed E-state index contributed by atoms with van der Waals surface area (Å²) in [7, 11) is 0. The van der Waals surface area contributed by atoms with Crippen LogP contribution in [0.15, 0.2) is 12.1 Å². The van der Waals surface area contributed by atoms with Crippen molar-refractivity contribution < 1.29 is 0 Å². The number of aryl methyl sites for hydroxylation is 1. The van der Waals surface area contributed by atoms with Crippen LogP contribution in [0.25, 0.3) is 0 Å². The Morgan fingerprint density at radius 3 is 2.80 bits per heavy atom. The Kier molecular flexibility index (Phi) is 4.18. The van der Waals surface area contributed by atoms with E-state index in [1.165, 1.54) is 42.2 Å². The van der Waals surface area contributed by atoms with E-state index in [-0.39, 0.29) is 6.04 Å². The molecule has 0 radical (unpaired) electrons. The van der Waals surface area contributed by atoms with Crippen LogP contribution in [0.1, 0.15) is 42.5 Å². The number of piperazine rings is 1. The quantitative estimate of drug-likeness (QED) is 0.930. The van der Waals surface area contributed by atoms with Crippen LogP contribution in [0.2, 0.25) is 0 Å². The van der Waals surface area contributed by atoms with Gasteiger partial charge in [0.15, 0.2) is 0 Å². The summed E-state index contributed by atoms with van der Waals surface area (Å²) in [6, 6.07) is 6.43. The number of rotatable bonds is 3. The fraction of sp³-hybridized carbons (Fsp3) is 0.750. The van der Waals surface area contributed by atoms with Crippen molar-refractivity contribution in [3.63, 3.8) is 0 Å². The van der Waals surface area contributed by atoms with Crippen LogP contribution in [-0.2, 0) is 0 Å². The van der Waals surface area contributed by atoms with Gasteiger partial charge in [-0.25, -0.2) is 0 Å². The zero-order valence-corrected chi connectivity index (χ0v) is 13.7. The molecule has 2 aliphatic rings. The maximum atomic E-state index is 6.36. The molecule has 4 unspecified atom stereocenters. The van der Waals surface area contributed by atoms with E-state index in [0.717, 1.165) is 6.04 Å². The van der Waals surface area contributed by atoms with Gasteiger partial charge in [-0.1, -0.05) is 0 Å². The van der Waals surface area contributed by atoms with Gasteiger partial charge in [0.25, 0.3) is 0 Å². The fourth-order valence-corrected chi connectivity index (χ4v) is 5.05. The monoisotopic (exact) mass is 293 g/mol. The lowest BCUT2D eigenvalue weighted by atomic mass is 10.00. The van der Waals surface area contributed by atoms with E-state index in [2.05, 4.69) is 42.7 Å². The van der Waals surface area contributed by atoms with Gasteiger partial charge < -0.3 is 5.73 Å². The molecule has 4 atom stereocenters. The predicted molar refractivity (Wildman–Crippen MR) is 86.2 cm³/mol. The number of hydrogen-bond donors (Lipinski definition) is 1. The molecule has 3 nitrogen and oxygen atoms in total. The molecule has 0 amide bonds. The van der Waals surface area contributed by atoms with Crippen molar-refractivity contribution in [1.82, 2.24) is 9.80 Å². The second-order valence-corrected chi connectivity index (χ2v) is 7.91. The highest BCUT2D eigenvalue weighted by Crippen LogP contribution is 2.35. The number of hydrogen-bond acceptors (Lipinski definition) is 4. The van der Waals surface area contributed by atoms with Crippen molar-refractivity contribution in [2.24, 2.45) is 5.73 Å². The number of nitrogens with zero attached hydrogens (tertiary/aromatic N) is 2. The third-order valence-corrected chi connectivity index (χ3v) is 5.96. The molecule has 2 aliphatic heterocycles. The molecule has 3 heterocycles. The van der Waals surface area contributed by atoms with Gasteiger partial charge in [0.1, 0.15) is 0 Å². The Morgan fingerprint density at radius 1 is 1.35 bits per heavy atom. The molecule has 0 aliphatic carbocycles. The minimum absolute atomic E-state index is 0.184. The van der Waals surface area contributed by atoms with Gasteiger partial charge in [0, 0.05) is 41.0 Å². The second kappa shape index (κ2) is 5.76. The van der Waals surface area contributed by atoms with Crippen LogP contribution in [-0.4, -0.2) is 47.6 Å². The van der Waals surface area contributed by atoms with Crippen LogP contribution in [0, 0.1) is 6.92 Å². The standard InChI is InChI=1S/C16H27N3S/c1-11-9-18-8-4-5-14(18)10-19(11)16(13(3)17)15-7-6-12(2)20-15/h6-7,11,13-14,16H,4-5,8-10,17H2,1-3H3. The normalized spacial score (nSPS) is 31.2. The van der Waals surface area contributed by atoms with Crippen molar-refractivity contribution in [1.29, 1.82) is 0 Å². The van der Waals surface area contributed by atoms with E-state index in [1.54, 1.807) is 0 Å². The lowest BCUT2D eigenvalue weighted by Gasteiger charge is -2.47. The Bertz CT molecular complexity index is 456. The summed E-state index contributed by atoms with van der Waals surface area (Å²) in [5.41, 5.74) is 6.36. The van der Waals surface area contributed by atoms with Gasteiger partial charge in [-0.05, 0) is 52.3 Å². The minimum Gasteiger partial charge on any atom is -0.326 e. The molecule has 20 heavy (non-hydrogen) atoms. The molecular weight excluding hydrogens is 266 g/mol. The van der Waals surface area contributed by atoms with E-state index in [4.69, 9.17) is 5.73 Å². The molecule has 4 heteroatoms. The molecule has 1 aromatic heterocycles. The van der Waals surface area contributed by atoms with Gasteiger partial charge >= 0.3 is 0 Å². The first-order valence-corrected chi connectivity index (χ1v) is 8.69. The minimum atomic E-state index is 0.184. The molecule has 3 rings (SSSR count). The summed E-state index contributed by atoms with van der Waals surface area (Å²) in [4.78, 5) is 8.18. The Labute approximate surface area is 126 Å². The van der Waals surface area contributed by atoms with Crippen LogP contribution in [0.4, 0.5) is 0 Å². The maximum Gasteiger partial charge on any atom is 0.0594 e. The first-order valence-electron chi connectivity index (χ1n) is 7.88. The summed E-state index contributed by atoms with van der Waals surface area (Å²) in [5, 5.41) is 0. The van der Waals surface area contributed by atoms with Crippen LogP contribution < -0.4 is 5.73 Å². The highest BCUT2D eigenvalue weighted by Gasteiger charge is 2.39. The van der Waals surface area contributed by atoms with E-state index < -0.39 is 0 Å². The Hall–Kier alpha value is -0.420. The highest BCUT2D eigenvalue weighted by atomic mass is 32.1. The number of fused-ring (bicyclic) bond motifs is 1. The van der Waals surface area contributed by atoms with E-state index in [1.807, 2.05) is 11.3 Å². The Morgan fingerprint density at radius 2 is 2.15 bits per heavy atom. The predicted octanol–water partition coefficient (Wildman–Crippen LogP) is 2.61. The van der Waals surface area contributed by atoms with E-state index in [0.29, 0.717) is 12.1 Å². The molecule has 2 fully saturated rings.